The first kappa shape index (κ1) is 11.1. The second-order valence-electron chi connectivity index (χ2n) is 2.55. The van der Waals surface area contributed by atoms with Crippen LogP contribution in [0.4, 0.5) is 8.78 Å². The van der Waals surface area contributed by atoms with E-state index in [0.29, 0.717) is 5.56 Å². The summed E-state index contributed by atoms with van der Waals surface area (Å²) in [5.41, 5.74) is 5.86. The molecule has 0 bridgehead atoms. The Balaban J connectivity index is 2.65. The van der Waals surface area contributed by atoms with E-state index in [9.17, 15) is 13.6 Å². The van der Waals surface area contributed by atoms with Crippen molar-refractivity contribution in [3.05, 3.63) is 35.9 Å². The largest absolute Gasteiger partial charge is 0.400 e. The summed E-state index contributed by atoms with van der Waals surface area (Å²) < 4.78 is 23.4. The number of hydrogen-bond donors (Lipinski definition) is 1. The molecule has 1 aromatic rings. The van der Waals surface area contributed by atoms with Crippen molar-refractivity contribution in [3.63, 3.8) is 0 Å². The molecule has 0 heterocycles. The molecule has 0 radical (unpaired) electrons. The molecule has 0 amide bonds. The van der Waals surface area contributed by atoms with Gasteiger partial charge in [-0.2, -0.15) is 8.78 Å². The van der Waals surface area contributed by atoms with Crippen molar-refractivity contribution in [1.29, 1.82) is 0 Å². The van der Waals surface area contributed by atoms with Crippen LogP contribution < -0.4 is 5.73 Å². The van der Waals surface area contributed by atoms with E-state index in [4.69, 9.17) is 5.73 Å². The predicted octanol–water partition coefficient (Wildman–Crippen LogP) is 1.12. The Hall–Kier alpha value is -1.98. The summed E-state index contributed by atoms with van der Waals surface area (Å²) in [6, 6.07) is 8.34. The van der Waals surface area contributed by atoms with Crippen molar-refractivity contribution in [2.75, 3.05) is 0 Å². The monoisotopic (exact) mass is 214 g/mol. The highest BCUT2D eigenvalue weighted by molar-refractivity contribution is 5.97. The standard InChI is InChI=1S/C9H8F2N2O2/c10-7(11)9(14)15-13-8(12)6-4-2-1-3-5-6/h1-5,7H,(H2,12,13). The number of nitrogens with zero attached hydrogens (tertiary/aromatic N) is 1. The van der Waals surface area contributed by atoms with Gasteiger partial charge in [-0.25, -0.2) is 4.79 Å². The maximum absolute atomic E-state index is 11.7. The number of amidine groups is 1. The molecule has 1 rings (SSSR count). The third kappa shape index (κ3) is 3.34. The third-order valence-electron chi connectivity index (χ3n) is 1.48. The summed E-state index contributed by atoms with van der Waals surface area (Å²) in [6.45, 7) is 0. The van der Waals surface area contributed by atoms with E-state index < -0.39 is 12.4 Å². The first-order valence-electron chi connectivity index (χ1n) is 3.99. The van der Waals surface area contributed by atoms with Gasteiger partial charge in [0.15, 0.2) is 5.84 Å². The van der Waals surface area contributed by atoms with Crippen LogP contribution in [0.3, 0.4) is 0 Å². The van der Waals surface area contributed by atoms with Gasteiger partial charge in [0, 0.05) is 5.56 Å². The second-order valence-corrected chi connectivity index (χ2v) is 2.55. The minimum absolute atomic E-state index is 0.135. The molecule has 0 aromatic heterocycles. The topological polar surface area (TPSA) is 64.7 Å². The van der Waals surface area contributed by atoms with Crippen LogP contribution in [0.25, 0.3) is 0 Å². The Labute approximate surface area is 84.3 Å². The molecule has 4 nitrogen and oxygen atoms in total. The summed E-state index contributed by atoms with van der Waals surface area (Å²) in [7, 11) is 0. The van der Waals surface area contributed by atoms with Crippen molar-refractivity contribution in [3.8, 4) is 0 Å². The molecule has 80 valence electrons. The lowest BCUT2D eigenvalue weighted by atomic mass is 10.2. The van der Waals surface area contributed by atoms with Gasteiger partial charge < -0.3 is 10.6 Å². The molecule has 0 unspecified atom stereocenters. The zero-order valence-corrected chi connectivity index (χ0v) is 7.56. The summed E-state index contributed by atoms with van der Waals surface area (Å²) in [4.78, 5) is 14.2. The molecule has 0 fully saturated rings. The summed E-state index contributed by atoms with van der Waals surface area (Å²) >= 11 is 0. The number of carbonyl (C=O) groups is 1. The Morgan fingerprint density at radius 3 is 2.47 bits per heavy atom. The molecule has 0 atom stereocenters. The van der Waals surface area contributed by atoms with Gasteiger partial charge in [0.1, 0.15) is 0 Å². The van der Waals surface area contributed by atoms with E-state index in [1.54, 1.807) is 30.3 Å². The van der Waals surface area contributed by atoms with Gasteiger partial charge in [0.25, 0.3) is 0 Å². The normalized spacial score (nSPS) is 11.5. The zero-order valence-electron chi connectivity index (χ0n) is 7.56. The quantitative estimate of drug-likeness (QED) is 0.355. The van der Waals surface area contributed by atoms with Crippen LogP contribution >= 0.6 is 0 Å². The van der Waals surface area contributed by atoms with Crippen LogP contribution in [0, 0.1) is 0 Å². The van der Waals surface area contributed by atoms with E-state index >= 15 is 0 Å². The molecule has 6 heteroatoms. The lowest BCUT2D eigenvalue weighted by Crippen LogP contribution is -2.17. The predicted molar refractivity (Wildman–Crippen MR) is 49.3 cm³/mol. The molecule has 15 heavy (non-hydrogen) atoms. The summed E-state index contributed by atoms with van der Waals surface area (Å²) in [5.74, 6) is -1.86. The molecule has 1 aromatic carbocycles. The van der Waals surface area contributed by atoms with E-state index in [1.807, 2.05) is 0 Å². The Morgan fingerprint density at radius 1 is 1.33 bits per heavy atom. The van der Waals surface area contributed by atoms with Crippen LogP contribution in [0.5, 0.6) is 0 Å². The van der Waals surface area contributed by atoms with Crippen molar-refractivity contribution in [1.82, 2.24) is 0 Å². The van der Waals surface area contributed by atoms with Crippen molar-refractivity contribution in [2.45, 2.75) is 6.43 Å². The van der Waals surface area contributed by atoms with E-state index in [0.717, 1.165) is 0 Å². The third-order valence-corrected chi connectivity index (χ3v) is 1.48. The first-order chi connectivity index (χ1) is 7.11. The van der Waals surface area contributed by atoms with E-state index in [1.165, 1.54) is 0 Å². The van der Waals surface area contributed by atoms with Gasteiger partial charge in [0.05, 0.1) is 0 Å². The highest BCUT2D eigenvalue weighted by Gasteiger charge is 2.17. The Morgan fingerprint density at radius 2 is 1.93 bits per heavy atom. The number of alkyl halides is 2. The van der Waals surface area contributed by atoms with E-state index in [2.05, 4.69) is 9.99 Å². The highest BCUT2D eigenvalue weighted by atomic mass is 19.3. The van der Waals surface area contributed by atoms with Gasteiger partial charge in [-0.05, 0) is 0 Å². The van der Waals surface area contributed by atoms with Crippen LogP contribution in [0.2, 0.25) is 0 Å². The fourth-order valence-electron chi connectivity index (χ4n) is 0.796. The Bertz CT molecular complexity index is 366. The number of oxime groups is 1. The zero-order chi connectivity index (χ0) is 11.3. The first-order valence-corrected chi connectivity index (χ1v) is 3.99. The number of rotatable bonds is 3. The fraction of sp³-hybridized carbons (Fsp3) is 0.111. The van der Waals surface area contributed by atoms with Crippen molar-refractivity contribution >= 4 is 11.8 Å². The minimum Gasteiger partial charge on any atom is -0.380 e. The number of hydrogen-bond acceptors (Lipinski definition) is 3. The fourth-order valence-corrected chi connectivity index (χ4v) is 0.796. The molecule has 0 saturated carbocycles. The smallest absolute Gasteiger partial charge is 0.380 e. The number of nitrogens with two attached hydrogens (primary N) is 1. The molecular weight excluding hydrogens is 206 g/mol. The minimum atomic E-state index is -3.21. The lowest BCUT2D eigenvalue weighted by molar-refractivity contribution is -0.156. The van der Waals surface area contributed by atoms with Gasteiger partial charge >= 0.3 is 12.4 Å². The van der Waals surface area contributed by atoms with Crippen LogP contribution in [-0.4, -0.2) is 18.2 Å². The highest BCUT2D eigenvalue weighted by Crippen LogP contribution is 2.00. The number of benzene rings is 1. The van der Waals surface area contributed by atoms with Crippen LogP contribution in [-0.2, 0) is 9.63 Å². The second kappa shape index (κ2) is 5.04. The van der Waals surface area contributed by atoms with Gasteiger partial charge in [-0.3, -0.25) is 0 Å². The summed E-state index contributed by atoms with van der Waals surface area (Å²) in [5, 5.41) is 3.08. The molecule has 0 saturated heterocycles. The van der Waals surface area contributed by atoms with Crippen molar-refractivity contribution < 1.29 is 18.4 Å². The average Bonchev–Trinajstić information content (AvgIpc) is 2.26. The molecule has 0 aliphatic heterocycles. The molecular formula is C9H8F2N2O2. The van der Waals surface area contributed by atoms with Crippen LogP contribution in [0.1, 0.15) is 5.56 Å². The van der Waals surface area contributed by atoms with Crippen molar-refractivity contribution in [2.24, 2.45) is 10.9 Å². The molecule has 0 aliphatic carbocycles. The van der Waals surface area contributed by atoms with Gasteiger partial charge in [-0.1, -0.05) is 35.5 Å². The summed E-state index contributed by atoms with van der Waals surface area (Å²) in [6.07, 6.45) is -3.21. The SMILES string of the molecule is N/C(=N\OC(=O)C(F)F)c1ccccc1. The molecule has 0 aliphatic rings. The number of halogens is 2. The lowest BCUT2D eigenvalue weighted by Gasteiger charge is -1.99. The Kier molecular flexibility index (Phi) is 3.73. The van der Waals surface area contributed by atoms with E-state index in [-0.39, 0.29) is 5.84 Å². The molecule has 0 spiro atoms. The molecule has 2 N–H and O–H groups in total. The number of carbonyl (C=O) groups excluding carboxylic acids is 1. The maximum atomic E-state index is 11.7. The maximum Gasteiger partial charge on any atom is 0.400 e. The average molecular weight is 214 g/mol. The van der Waals surface area contributed by atoms with Crippen LogP contribution in [0.15, 0.2) is 35.5 Å². The van der Waals surface area contributed by atoms with Gasteiger partial charge in [0.2, 0.25) is 0 Å². The van der Waals surface area contributed by atoms with Gasteiger partial charge in [-0.15, -0.1) is 0 Å².